The molecule has 4 rings (SSSR count). The van der Waals surface area contributed by atoms with E-state index in [1.807, 2.05) is 37.3 Å². The summed E-state index contributed by atoms with van der Waals surface area (Å²) in [4.78, 5) is 36.2. The highest BCUT2D eigenvalue weighted by atomic mass is 19.4. The summed E-state index contributed by atoms with van der Waals surface area (Å²) in [5.41, 5.74) is -0.961. The number of amides is 2. The number of carbonyl (C=O) groups is 2. The van der Waals surface area contributed by atoms with Gasteiger partial charge in [0.1, 0.15) is 5.69 Å². The van der Waals surface area contributed by atoms with Crippen molar-refractivity contribution in [3.8, 4) is 0 Å². The van der Waals surface area contributed by atoms with E-state index >= 15 is 0 Å². The summed E-state index contributed by atoms with van der Waals surface area (Å²) in [6.07, 6.45) is -2.44. The Bertz CT molecular complexity index is 1140. The first-order valence-electron chi connectivity index (χ1n) is 13.5. The summed E-state index contributed by atoms with van der Waals surface area (Å²) in [6, 6.07) is 10.7. The van der Waals surface area contributed by atoms with Gasteiger partial charge in [-0.15, -0.1) is 0 Å². The summed E-state index contributed by atoms with van der Waals surface area (Å²) in [6.45, 7) is 3.98. The van der Waals surface area contributed by atoms with Crippen molar-refractivity contribution >= 4 is 17.8 Å². The van der Waals surface area contributed by atoms with Crippen molar-refractivity contribution in [2.75, 3.05) is 44.7 Å². The zero-order valence-corrected chi connectivity index (χ0v) is 22.5. The van der Waals surface area contributed by atoms with Crippen molar-refractivity contribution in [3.63, 3.8) is 0 Å². The van der Waals surface area contributed by atoms with Crippen molar-refractivity contribution in [1.82, 2.24) is 30.4 Å². The number of piperidine rings is 1. The molecule has 13 heteroatoms. The maximum absolute atomic E-state index is 12.8. The molecule has 4 N–H and O–H groups in total. The SMILES string of the molecule is C[C@H](CC(=O)N1CCC(O)(CN2CNC(NCCNc3nccc(C(F)(F)F)n3)CC2=O)CC1)c1ccccc1. The quantitative estimate of drug-likeness (QED) is 0.325. The van der Waals surface area contributed by atoms with Crippen LogP contribution in [0.25, 0.3) is 0 Å². The molecule has 1 aromatic carbocycles. The number of carbonyl (C=O) groups excluding carboxylic acids is 2. The number of benzene rings is 1. The zero-order chi connectivity index (χ0) is 28.8. The number of likely N-dealkylation sites (tertiary alicyclic amines) is 1. The lowest BCUT2D eigenvalue weighted by Gasteiger charge is -2.43. The van der Waals surface area contributed by atoms with Gasteiger partial charge in [0.15, 0.2) is 0 Å². The van der Waals surface area contributed by atoms with Crippen LogP contribution < -0.4 is 16.0 Å². The van der Waals surface area contributed by atoms with Gasteiger partial charge in [-0.3, -0.25) is 20.2 Å². The number of rotatable bonds is 10. The van der Waals surface area contributed by atoms with Crippen molar-refractivity contribution < 1.29 is 27.9 Å². The van der Waals surface area contributed by atoms with E-state index in [0.717, 1.165) is 17.8 Å². The van der Waals surface area contributed by atoms with Gasteiger partial charge >= 0.3 is 6.18 Å². The second-order valence-electron chi connectivity index (χ2n) is 10.5. The molecule has 0 spiro atoms. The summed E-state index contributed by atoms with van der Waals surface area (Å²) in [5.74, 6) is -0.0637. The smallest absolute Gasteiger partial charge is 0.388 e. The van der Waals surface area contributed by atoms with Crippen LogP contribution in [0.1, 0.15) is 49.8 Å². The van der Waals surface area contributed by atoms with Gasteiger partial charge in [-0.2, -0.15) is 13.2 Å². The van der Waals surface area contributed by atoms with Crippen molar-refractivity contribution in [2.24, 2.45) is 0 Å². The molecule has 2 amide bonds. The van der Waals surface area contributed by atoms with E-state index in [-0.39, 0.29) is 56.0 Å². The van der Waals surface area contributed by atoms with E-state index in [1.165, 1.54) is 0 Å². The number of alkyl halides is 3. The molecule has 40 heavy (non-hydrogen) atoms. The molecule has 0 bridgehead atoms. The largest absolute Gasteiger partial charge is 0.433 e. The van der Waals surface area contributed by atoms with Gasteiger partial charge in [0, 0.05) is 38.8 Å². The van der Waals surface area contributed by atoms with E-state index in [0.29, 0.717) is 38.9 Å². The van der Waals surface area contributed by atoms with Crippen molar-refractivity contribution in [2.45, 2.75) is 56.5 Å². The third-order valence-corrected chi connectivity index (χ3v) is 7.39. The number of nitrogens with zero attached hydrogens (tertiary/aromatic N) is 4. The van der Waals surface area contributed by atoms with Crippen molar-refractivity contribution in [1.29, 1.82) is 0 Å². The fourth-order valence-electron chi connectivity index (χ4n) is 4.97. The zero-order valence-electron chi connectivity index (χ0n) is 22.5. The van der Waals surface area contributed by atoms with Crippen LogP contribution in [0.4, 0.5) is 19.1 Å². The molecule has 1 aromatic heterocycles. The van der Waals surface area contributed by atoms with Gasteiger partial charge in [-0.25, -0.2) is 9.97 Å². The van der Waals surface area contributed by atoms with Crippen LogP contribution in [-0.4, -0.2) is 87.8 Å². The molecular formula is C27H36F3N7O3. The maximum Gasteiger partial charge on any atom is 0.433 e. The summed E-state index contributed by atoms with van der Waals surface area (Å²) in [7, 11) is 0. The molecule has 0 saturated carbocycles. The fourth-order valence-corrected chi connectivity index (χ4v) is 4.97. The highest BCUT2D eigenvalue weighted by Crippen LogP contribution is 2.28. The standard InChI is InChI=1S/C27H36F3N7O3/c1-19(20-5-3-2-4-6-20)15-23(38)36-13-8-26(40,9-14-36)17-37-18-34-22(16-24(37)39)31-11-12-33-25-32-10-7-21(35-25)27(28,29)30/h2-7,10,19,22,31,34,40H,8-9,11-18H2,1H3,(H,32,33,35)/t19-,22?/m1/s1. The van der Waals surface area contributed by atoms with Crippen LogP contribution in [0.3, 0.4) is 0 Å². The average Bonchev–Trinajstić information content (AvgIpc) is 2.93. The number of β-amino-alcohol motifs (C(OH)–C–C–N with tert-alkyl or cyclic N) is 1. The number of anilines is 1. The number of aliphatic hydroxyl groups is 1. The molecular weight excluding hydrogens is 527 g/mol. The monoisotopic (exact) mass is 563 g/mol. The van der Waals surface area contributed by atoms with Gasteiger partial charge in [0.05, 0.1) is 31.4 Å². The highest BCUT2D eigenvalue weighted by Gasteiger charge is 2.38. The lowest BCUT2D eigenvalue weighted by Crippen LogP contribution is -2.60. The molecule has 2 saturated heterocycles. The lowest BCUT2D eigenvalue weighted by molar-refractivity contribution is -0.144. The number of aromatic nitrogens is 2. The summed E-state index contributed by atoms with van der Waals surface area (Å²) in [5, 5.41) is 20.2. The Balaban J connectivity index is 1.15. The molecule has 0 aliphatic carbocycles. The third-order valence-electron chi connectivity index (χ3n) is 7.39. The Morgan fingerprint density at radius 1 is 1.20 bits per heavy atom. The molecule has 1 unspecified atom stereocenters. The van der Waals surface area contributed by atoms with E-state index in [9.17, 15) is 27.9 Å². The normalized spacial score (nSPS) is 20.3. The van der Waals surface area contributed by atoms with Crippen LogP contribution >= 0.6 is 0 Å². The van der Waals surface area contributed by atoms with Gasteiger partial charge in [0.2, 0.25) is 17.8 Å². The molecule has 2 aromatic rings. The Labute approximate surface area is 231 Å². The highest BCUT2D eigenvalue weighted by molar-refractivity contribution is 5.78. The van der Waals surface area contributed by atoms with Crippen LogP contribution in [0.5, 0.6) is 0 Å². The first-order valence-corrected chi connectivity index (χ1v) is 13.5. The number of hydrogen-bond acceptors (Lipinski definition) is 8. The van der Waals surface area contributed by atoms with Crippen molar-refractivity contribution in [3.05, 3.63) is 53.9 Å². The van der Waals surface area contributed by atoms with E-state index in [2.05, 4.69) is 25.9 Å². The first-order chi connectivity index (χ1) is 19.0. The van der Waals surface area contributed by atoms with Gasteiger partial charge in [0.25, 0.3) is 0 Å². The van der Waals surface area contributed by atoms with Crippen LogP contribution in [0, 0.1) is 0 Å². The van der Waals surface area contributed by atoms with Crippen LogP contribution in [-0.2, 0) is 15.8 Å². The molecule has 2 fully saturated rings. The minimum Gasteiger partial charge on any atom is -0.388 e. The third kappa shape index (κ3) is 8.12. The molecule has 0 radical (unpaired) electrons. The first kappa shape index (κ1) is 29.7. The predicted octanol–water partition coefficient (Wildman–Crippen LogP) is 2.15. The molecule has 2 atom stereocenters. The predicted molar refractivity (Wildman–Crippen MR) is 142 cm³/mol. The van der Waals surface area contributed by atoms with E-state index < -0.39 is 17.5 Å². The van der Waals surface area contributed by atoms with Gasteiger partial charge < -0.3 is 20.2 Å². The Morgan fingerprint density at radius 3 is 2.60 bits per heavy atom. The lowest BCUT2D eigenvalue weighted by atomic mass is 9.89. The molecule has 3 heterocycles. The van der Waals surface area contributed by atoms with Crippen LogP contribution in [0.15, 0.2) is 42.6 Å². The Hall–Kier alpha value is -3.29. The minimum atomic E-state index is -4.54. The molecule has 2 aliphatic rings. The summed E-state index contributed by atoms with van der Waals surface area (Å²) < 4.78 is 38.3. The maximum atomic E-state index is 12.8. The van der Waals surface area contributed by atoms with Crippen LogP contribution in [0.2, 0.25) is 0 Å². The van der Waals surface area contributed by atoms with E-state index in [4.69, 9.17) is 0 Å². The Kier molecular flexibility index (Phi) is 9.59. The fraction of sp³-hybridized carbons (Fsp3) is 0.556. The topological polar surface area (TPSA) is 123 Å². The summed E-state index contributed by atoms with van der Waals surface area (Å²) >= 11 is 0. The number of nitrogens with one attached hydrogen (secondary N) is 3. The Morgan fingerprint density at radius 2 is 1.93 bits per heavy atom. The molecule has 218 valence electrons. The second kappa shape index (κ2) is 12.9. The average molecular weight is 564 g/mol. The minimum absolute atomic E-state index is 0.0668. The number of hydrogen-bond donors (Lipinski definition) is 4. The van der Waals surface area contributed by atoms with Gasteiger partial charge in [-0.1, -0.05) is 37.3 Å². The molecule has 10 nitrogen and oxygen atoms in total. The van der Waals surface area contributed by atoms with E-state index in [1.54, 1.807) is 9.80 Å². The molecule has 2 aliphatic heterocycles. The second-order valence-corrected chi connectivity index (χ2v) is 10.5. The van der Waals surface area contributed by atoms with Gasteiger partial charge in [-0.05, 0) is 30.4 Å². The number of halogens is 3.